The van der Waals surface area contributed by atoms with E-state index < -0.39 is 23.6 Å². The number of hydrogen-bond donors (Lipinski definition) is 5. The Balaban J connectivity index is 0.000000555. The number of amides is 1. The molecule has 0 spiro atoms. The van der Waals surface area contributed by atoms with Gasteiger partial charge in [0.05, 0.1) is 23.5 Å². The highest BCUT2D eigenvalue weighted by Crippen LogP contribution is 2.32. The summed E-state index contributed by atoms with van der Waals surface area (Å²) in [6, 6.07) is 16.0. The minimum absolute atomic E-state index is 0.0684. The van der Waals surface area contributed by atoms with Gasteiger partial charge in [-0.25, -0.2) is 28.3 Å². The van der Waals surface area contributed by atoms with Crippen LogP contribution in [0.2, 0.25) is 0 Å². The SMILES string of the molecule is C=CC(=O)Nc1cccc(-c2cccc3cnc(Nc4ccc(N5CCN(CCO)CC5)c(F)c4F)nc23)c1.O=C(O)/C=C\C(=O)O. The Morgan fingerprint density at radius 3 is 2.30 bits per heavy atom. The van der Waals surface area contributed by atoms with E-state index in [0.717, 1.165) is 16.5 Å². The summed E-state index contributed by atoms with van der Waals surface area (Å²) >= 11 is 0. The van der Waals surface area contributed by atoms with E-state index in [1.54, 1.807) is 23.2 Å². The zero-order chi connectivity index (χ0) is 33.9. The minimum Gasteiger partial charge on any atom is -0.478 e. The molecular weight excluding hydrogens is 614 g/mol. The van der Waals surface area contributed by atoms with Crippen LogP contribution >= 0.6 is 0 Å². The van der Waals surface area contributed by atoms with E-state index in [4.69, 9.17) is 15.3 Å². The Hall–Kier alpha value is -5.73. The third kappa shape index (κ3) is 9.15. The van der Waals surface area contributed by atoms with Gasteiger partial charge >= 0.3 is 11.9 Å². The number of aliphatic hydroxyl groups is 1. The molecule has 0 aliphatic carbocycles. The Kier molecular flexibility index (Phi) is 11.6. The number of nitrogens with one attached hydrogen (secondary N) is 2. The Morgan fingerprint density at radius 1 is 0.936 bits per heavy atom. The number of rotatable bonds is 10. The average molecular weight is 647 g/mol. The van der Waals surface area contributed by atoms with Crippen LogP contribution in [-0.2, 0) is 14.4 Å². The van der Waals surface area contributed by atoms with E-state index in [0.29, 0.717) is 56.1 Å². The van der Waals surface area contributed by atoms with Crippen molar-refractivity contribution in [3.8, 4) is 11.1 Å². The van der Waals surface area contributed by atoms with E-state index >= 15 is 8.78 Å². The molecule has 2 heterocycles. The second-order valence-corrected chi connectivity index (χ2v) is 10.2. The first-order valence-electron chi connectivity index (χ1n) is 14.4. The van der Waals surface area contributed by atoms with Crippen molar-refractivity contribution in [3.63, 3.8) is 0 Å². The first-order valence-corrected chi connectivity index (χ1v) is 14.4. The maximum Gasteiger partial charge on any atom is 0.328 e. The van der Waals surface area contributed by atoms with Gasteiger partial charge in [0, 0.05) is 67.7 Å². The summed E-state index contributed by atoms with van der Waals surface area (Å²) in [4.78, 5) is 43.6. The number of aromatic nitrogens is 2. The van der Waals surface area contributed by atoms with Crippen LogP contribution in [0.15, 0.2) is 85.6 Å². The zero-order valence-corrected chi connectivity index (χ0v) is 25.1. The summed E-state index contributed by atoms with van der Waals surface area (Å²) < 4.78 is 30.2. The van der Waals surface area contributed by atoms with Crippen molar-refractivity contribution in [2.24, 2.45) is 0 Å². The van der Waals surface area contributed by atoms with Crippen molar-refractivity contribution < 1.29 is 38.5 Å². The molecule has 0 bridgehead atoms. The number of benzene rings is 3. The van der Waals surface area contributed by atoms with Gasteiger partial charge < -0.3 is 30.9 Å². The lowest BCUT2D eigenvalue weighted by molar-refractivity contribution is -0.134. The number of carboxylic acid groups (broad SMARTS) is 2. The lowest BCUT2D eigenvalue weighted by Gasteiger charge is -2.36. The van der Waals surface area contributed by atoms with Gasteiger partial charge in [0.15, 0.2) is 11.6 Å². The highest BCUT2D eigenvalue weighted by atomic mass is 19.2. The van der Waals surface area contributed by atoms with E-state index in [9.17, 15) is 14.4 Å². The number of piperazine rings is 1. The van der Waals surface area contributed by atoms with Crippen molar-refractivity contribution in [2.45, 2.75) is 0 Å². The van der Waals surface area contributed by atoms with Gasteiger partial charge in [0.2, 0.25) is 11.9 Å². The highest BCUT2D eigenvalue weighted by molar-refractivity contribution is 6.00. The molecule has 1 aromatic heterocycles. The molecule has 1 saturated heterocycles. The summed E-state index contributed by atoms with van der Waals surface area (Å²) in [5.41, 5.74) is 2.95. The second kappa shape index (κ2) is 16.0. The van der Waals surface area contributed by atoms with Crippen molar-refractivity contribution in [1.82, 2.24) is 14.9 Å². The number of carbonyl (C=O) groups is 3. The van der Waals surface area contributed by atoms with Crippen molar-refractivity contribution in [2.75, 3.05) is 54.9 Å². The minimum atomic E-state index is -1.26. The number of anilines is 4. The molecule has 12 nitrogen and oxygen atoms in total. The number of carbonyl (C=O) groups excluding carboxylic acids is 1. The number of para-hydroxylation sites is 1. The molecule has 3 aromatic carbocycles. The number of aliphatic hydroxyl groups excluding tert-OH is 1. The molecule has 5 rings (SSSR count). The van der Waals surface area contributed by atoms with E-state index in [-0.39, 0.29) is 29.8 Å². The van der Waals surface area contributed by atoms with E-state index in [1.165, 1.54) is 12.1 Å². The molecule has 1 aliphatic heterocycles. The molecule has 14 heteroatoms. The molecule has 5 N–H and O–H groups in total. The molecule has 1 amide bonds. The molecule has 0 unspecified atom stereocenters. The van der Waals surface area contributed by atoms with Crippen molar-refractivity contribution >= 4 is 51.8 Å². The summed E-state index contributed by atoms with van der Waals surface area (Å²) in [6.07, 6.45) is 3.93. The number of carboxylic acids is 2. The normalized spacial score (nSPS) is 13.1. The van der Waals surface area contributed by atoms with Gasteiger partial charge in [-0.3, -0.25) is 9.69 Å². The maximum atomic E-state index is 15.1. The number of hydrogen-bond acceptors (Lipinski definition) is 9. The lowest BCUT2D eigenvalue weighted by atomic mass is 10.0. The molecular formula is C33H32F2N6O6. The summed E-state index contributed by atoms with van der Waals surface area (Å²) in [5.74, 6) is -4.65. The van der Waals surface area contributed by atoms with Crippen molar-refractivity contribution in [3.05, 3.63) is 97.2 Å². The molecule has 0 saturated carbocycles. The van der Waals surface area contributed by atoms with Crippen LogP contribution in [0.3, 0.4) is 0 Å². The fraction of sp³-hybridized carbons (Fsp3) is 0.182. The van der Waals surface area contributed by atoms with E-state index in [2.05, 4.69) is 32.1 Å². The first kappa shape index (κ1) is 34.1. The van der Waals surface area contributed by atoms with Crippen LogP contribution in [0.5, 0.6) is 0 Å². The van der Waals surface area contributed by atoms with Crippen LogP contribution in [-0.4, -0.2) is 87.4 Å². The number of aliphatic carboxylic acids is 2. The van der Waals surface area contributed by atoms with Crippen molar-refractivity contribution in [1.29, 1.82) is 0 Å². The molecule has 244 valence electrons. The van der Waals surface area contributed by atoms with Gasteiger partial charge in [-0.2, -0.15) is 0 Å². The molecule has 4 aromatic rings. The fourth-order valence-electron chi connectivity index (χ4n) is 4.80. The molecule has 1 fully saturated rings. The lowest BCUT2D eigenvalue weighted by Crippen LogP contribution is -2.47. The first-order chi connectivity index (χ1) is 22.6. The quantitative estimate of drug-likeness (QED) is 0.156. The predicted octanol–water partition coefficient (Wildman–Crippen LogP) is 4.27. The molecule has 47 heavy (non-hydrogen) atoms. The summed E-state index contributed by atoms with van der Waals surface area (Å²) in [6.45, 7) is 6.52. The second-order valence-electron chi connectivity index (χ2n) is 10.2. The monoisotopic (exact) mass is 646 g/mol. The number of halogens is 2. The zero-order valence-electron chi connectivity index (χ0n) is 25.1. The van der Waals surface area contributed by atoms with Crippen LogP contribution < -0.4 is 15.5 Å². The largest absolute Gasteiger partial charge is 0.478 e. The topological polar surface area (TPSA) is 168 Å². The molecule has 1 aliphatic rings. The summed E-state index contributed by atoms with van der Waals surface area (Å²) in [7, 11) is 0. The van der Waals surface area contributed by atoms with Gasteiger partial charge in [0.1, 0.15) is 0 Å². The van der Waals surface area contributed by atoms with Gasteiger partial charge in [-0.05, 0) is 35.9 Å². The van der Waals surface area contributed by atoms with Gasteiger partial charge in [-0.1, -0.05) is 36.9 Å². The van der Waals surface area contributed by atoms with Gasteiger partial charge in [-0.15, -0.1) is 0 Å². The van der Waals surface area contributed by atoms with Crippen LogP contribution in [0.4, 0.5) is 31.8 Å². The van der Waals surface area contributed by atoms with Crippen LogP contribution in [0.1, 0.15) is 0 Å². The van der Waals surface area contributed by atoms with Crippen LogP contribution in [0.25, 0.3) is 22.0 Å². The predicted molar refractivity (Wildman–Crippen MR) is 174 cm³/mol. The third-order valence-electron chi connectivity index (χ3n) is 7.04. The standard InChI is InChI=1S/C29H28F2N6O2.C4H4O4/c1-2-25(39)33-21-7-3-5-19(17-21)22-8-4-6-20-18-32-29(35-28(20)22)34-23-9-10-24(27(31)26(23)30)37-13-11-36(12-14-37)15-16-38;5-3(6)1-2-4(7)8/h2-10,17-18,38H,1,11-16H2,(H,33,39)(H,32,34,35);1-2H,(H,5,6)(H,7,8)/b;2-1-. The third-order valence-corrected chi connectivity index (χ3v) is 7.04. The fourth-order valence-corrected chi connectivity index (χ4v) is 4.80. The Morgan fingerprint density at radius 2 is 1.64 bits per heavy atom. The average Bonchev–Trinajstić information content (AvgIpc) is 3.06. The molecule has 0 radical (unpaired) electrons. The van der Waals surface area contributed by atoms with Crippen LogP contribution in [0, 0.1) is 11.6 Å². The number of nitrogens with zero attached hydrogens (tertiary/aromatic N) is 4. The Labute approximate surface area is 268 Å². The smallest absolute Gasteiger partial charge is 0.328 e. The highest BCUT2D eigenvalue weighted by Gasteiger charge is 2.23. The maximum absolute atomic E-state index is 15.1. The van der Waals surface area contributed by atoms with Gasteiger partial charge in [0.25, 0.3) is 0 Å². The molecule has 0 atom stereocenters. The Bertz CT molecular complexity index is 1790. The number of β-amino-alcohol motifs (C(OH)–C–C–N with tert-alkyl or cyclic N) is 1. The van der Waals surface area contributed by atoms with E-state index in [1.807, 2.05) is 36.4 Å². The summed E-state index contributed by atoms with van der Waals surface area (Å²) in [5, 5.41) is 31.1. The number of fused-ring (bicyclic) bond motifs is 1.